The van der Waals surface area contributed by atoms with Crippen molar-refractivity contribution in [3.63, 3.8) is 0 Å². The number of aromatic nitrogens is 3. The van der Waals surface area contributed by atoms with Crippen molar-refractivity contribution in [2.75, 3.05) is 11.1 Å². The zero-order valence-corrected chi connectivity index (χ0v) is 12.1. The third-order valence-electron chi connectivity index (χ3n) is 4.09. The summed E-state index contributed by atoms with van der Waals surface area (Å²) in [5.74, 6) is 1.03. The average molecular weight is 291 g/mol. The van der Waals surface area contributed by atoms with Gasteiger partial charge in [-0.2, -0.15) is 4.98 Å². The molecule has 5 nitrogen and oxygen atoms in total. The normalized spacial score (nSPS) is 20.2. The summed E-state index contributed by atoms with van der Waals surface area (Å²) in [4.78, 5) is 4.32. The SMILES string of the molecule is Nc1nc2n(n1)[C@@H](c1ccccc1)C[C@@H](c1ccccc1)N2. The van der Waals surface area contributed by atoms with Crippen molar-refractivity contribution >= 4 is 11.9 Å². The quantitative estimate of drug-likeness (QED) is 0.761. The van der Waals surface area contributed by atoms with Gasteiger partial charge in [0.25, 0.3) is 0 Å². The first-order chi connectivity index (χ1) is 10.8. The van der Waals surface area contributed by atoms with Gasteiger partial charge in [0, 0.05) is 0 Å². The number of nitrogens with one attached hydrogen (secondary N) is 1. The maximum Gasteiger partial charge on any atom is 0.241 e. The molecule has 0 saturated carbocycles. The molecule has 2 heterocycles. The third kappa shape index (κ3) is 2.20. The topological polar surface area (TPSA) is 68.8 Å². The van der Waals surface area contributed by atoms with Crippen molar-refractivity contribution in [1.29, 1.82) is 0 Å². The molecular weight excluding hydrogens is 274 g/mol. The lowest BCUT2D eigenvalue weighted by Gasteiger charge is -2.31. The maximum absolute atomic E-state index is 5.80. The van der Waals surface area contributed by atoms with E-state index in [2.05, 4.69) is 63.9 Å². The van der Waals surface area contributed by atoms with E-state index in [1.165, 1.54) is 11.1 Å². The van der Waals surface area contributed by atoms with Gasteiger partial charge in [0.05, 0.1) is 12.1 Å². The second-order valence-electron chi connectivity index (χ2n) is 5.51. The van der Waals surface area contributed by atoms with Crippen molar-refractivity contribution in [3.05, 3.63) is 71.8 Å². The molecule has 110 valence electrons. The Labute approximate surface area is 128 Å². The number of nitrogens with two attached hydrogens (primary N) is 1. The Kier molecular flexibility index (Phi) is 3.04. The minimum absolute atomic E-state index is 0.132. The smallest absolute Gasteiger partial charge is 0.241 e. The average Bonchev–Trinajstić information content (AvgIpc) is 2.95. The van der Waals surface area contributed by atoms with Crippen LogP contribution in [-0.2, 0) is 0 Å². The number of nitrogens with zero attached hydrogens (tertiary/aromatic N) is 3. The Balaban J connectivity index is 1.77. The number of hydrogen-bond acceptors (Lipinski definition) is 4. The van der Waals surface area contributed by atoms with E-state index in [9.17, 15) is 0 Å². The van der Waals surface area contributed by atoms with Crippen molar-refractivity contribution < 1.29 is 0 Å². The molecule has 1 aromatic heterocycles. The molecule has 0 radical (unpaired) electrons. The summed E-state index contributed by atoms with van der Waals surface area (Å²) in [5.41, 5.74) is 8.26. The highest BCUT2D eigenvalue weighted by molar-refractivity contribution is 5.41. The number of benzene rings is 2. The first-order valence-corrected chi connectivity index (χ1v) is 7.40. The van der Waals surface area contributed by atoms with E-state index < -0.39 is 0 Å². The molecule has 2 atom stereocenters. The first-order valence-electron chi connectivity index (χ1n) is 7.40. The molecule has 1 aliphatic rings. The van der Waals surface area contributed by atoms with Crippen LogP contribution in [0.1, 0.15) is 29.6 Å². The zero-order chi connectivity index (χ0) is 14.9. The van der Waals surface area contributed by atoms with Crippen LogP contribution in [0.25, 0.3) is 0 Å². The summed E-state index contributed by atoms with van der Waals surface area (Å²) in [7, 11) is 0. The highest BCUT2D eigenvalue weighted by atomic mass is 15.4. The summed E-state index contributed by atoms with van der Waals surface area (Å²) in [6.07, 6.45) is 0.907. The van der Waals surface area contributed by atoms with Crippen LogP contribution < -0.4 is 11.1 Å². The molecule has 0 amide bonds. The lowest BCUT2D eigenvalue weighted by atomic mass is 9.93. The van der Waals surface area contributed by atoms with E-state index in [4.69, 9.17) is 5.73 Å². The Morgan fingerprint density at radius 2 is 1.59 bits per heavy atom. The molecule has 5 heteroatoms. The Morgan fingerprint density at radius 3 is 2.27 bits per heavy atom. The van der Waals surface area contributed by atoms with Crippen LogP contribution in [0.2, 0.25) is 0 Å². The Bertz CT molecular complexity index is 766. The summed E-state index contributed by atoms with van der Waals surface area (Å²) in [6.45, 7) is 0. The lowest BCUT2D eigenvalue weighted by molar-refractivity contribution is 0.431. The molecule has 1 aliphatic heterocycles. The van der Waals surface area contributed by atoms with Gasteiger partial charge in [0.15, 0.2) is 0 Å². The van der Waals surface area contributed by atoms with Crippen LogP contribution in [0.5, 0.6) is 0 Å². The van der Waals surface area contributed by atoms with E-state index in [-0.39, 0.29) is 12.1 Å². The van der Waals surface area contributed by atoms with Gasteiger partial charge in [-0.05, 0) is 17.5 Å². The van der Waals surface area contributed by atoms with E-state index in [0.29, 0.717) is 5.95 Å². The van der Waals surface area contributed by atoms with Crippen molar-refractivity contribution in [2.24, 2.45) is 0 Å². The van der Waals surface area contributed by atoms with Gasteiger partial charge in [-0.1, -0.05) is 60.7 Å². The highest BCUT2D eigenvalue weighted by Crippen LogP contribution is 2.37. The maximum atomic E-state index is 5.80. The summed E-state index contributed by atoms with van der Waals surface area (Å²) < 4.78 is 1.89. The standard InChI is InChI=1S/C17H17N5/c18-16-20-17-19-14(12-7-3-1-4-8-12)11-15(22(17)21-16)13-9-5-2-6-10-13/h1-10,14-15H,11H2,(H3,18,19,20,21)/t14-,15+/m0/s1. The molecule has 0 fully saturated rings. The predicted molar refractivity (Wildman–Crippen MR) is 86.4 cm³/mol. The van der Waals surface area contributed by atoms with Crippen molar-refractivity contribution in [1.82, 2.24) is 14.8 Å². The van der Waals surface area contributed by atoms with Gasteiger partial charge in [0.2, 0.25) is 11.9 Å². The number of fused-ring (bicyclic) bond motifs is 1. The van der Waals surface area contributed by atoms with Crippen LogP contribution in [-0.4, -0.2) is 14.8 Å². The second kappa shape index (κ2) is 5.18. The molecule has 3 N–H and O–H groups in total. The lowest BCUT2D eigenvalue weighted by Crippen LogP contribution is -2.28. The van der Waals surface area contributed by atoms with Gasteiger partial charge in [-0.25, -0.2) is 4.68 Å². The second-order valence-corrected chi connectivity index (χ2v) is 5.51. The molecule has 3 aromatic rings. The van der Waals surface area contributed by atoms with Gasteiger partial charge in [0.1, 0.15) is 0 Å². The summed E-state index contributed by atoms with van der Waals surface area (Å²) in [5, 5.41) is 7.80. The molecular formula is C17H17N5. The fraction of sp³-hybridized carbons (Fsp3) is 0.176. The fourth-order valence-electron chi connectivity index (χ4n) is 3.05. The van der Waals surface area contributed by atoms with Gasteiger partial charge in [-0.3, -0.25) is 0 Å². The number of hydrogen-bond donors (Lipinski definition) is 2. The molecule has 0 unspecified atom stereocenters. The van der Waals surface area contributed by atoms with Crippen LogP contribution in [0, 0.1) is 0 Å². The number of nitrogen functional groups attached to an aromatic ring is 1. The van der Waals surface area contributed by atoms with Crippen LogP contribution in [0.4, 0.5) is 11.9 Å². The van der Waals surface area contributed by atoms with E-state index >= 15 is 0 Å². The van der Waals surface area contributed by atoms with Gasteiger partial charge >= 0.3 is 0 Å². The molecule has 22 heavy (non-hydrogen) atoms. The Morgan fingerprint density at radius 1 is 0.955 bits per heavy atom. The predicted octanol–water partition coefficient (Wildman–Crippen LogP) is 3.01. The molecule has 4 rings (SSSR count). The van der Waals surface area contributed by atoms with Gasteiger partial charge in [-0.15, -0.1) is 5.10 Å². The van der Waals surface area contributed by atoms with Crippen LogP contribution in [0.15, 0.2) is 60.7 Å². The largest absolute Gasteiger partial charge is 0.366 e. The zero-order valence-electron chi connectivity index (χ0n) is 12.1. The van der Waals surface area contributed by atoms with Crippen LogP contribution in [0.3, 0.4) is 0 Å². The van der Waals surface area contributed by atoms with Crippen LogP contribution >= 0.6 is 0 Å². The Hall–Kier alpha value is -2.82. The van der Waals surface area contributed by atoms with E-state index in [1.54, 1.807) is 0 Å². The van der Waals surface area contributed by atoms with Crippen molar-refractivity contribution in [3.8, 4) is 0 Å². The van der Waals surface area contributed by atoms with E-state index in [0.717, 1.165) is 12.4 Å². The molecule has 0 bridgehead atoms. The highest BCUT2D eigenvalue weighted by Gasteiger charge is 2.30. The fourth-order valence-corrected chi connectivity index (χ4v) is 3.05. The third-order valence-corrected chi connectivity index (χ3v) is 4.09. The molecule has 0 aliphatic carbocycles. The minimum atomic E-state index is 0.132. The summed E-state index contributed by atoms with van der Waals surface area (Å²) >= 11 is 0. The van der Waals surface area contributed by atoms with Crippen molar-refractivity contribution in [2.45, 2.75) is 18.5 Å². The molecule has 2 aromatic carbocycles. The van der Waals surface area contributed by atoms with Gasteiger partial charge < -0.3 is 11.1 Å². The first kappa shape index (κ1) is 12.9. The van der Waals surface area contributed by atoms with E-state index in [1.807, 2.05) is 16.8 Å². The monoisotopic (exact) mass is 291 g/mol. The molecule has 0 spiro atoms. The summed E-state index contributed by atoms with van der Waals surface area (Å²) in [6, 6.07) is 21.1. The molecule has 0 saturated heterocycles. The number of anilines is 2. The number of rotatable bonds is 2. The minimum Gasteiger partial charge on any atom is -0.366 e.